The highest BCUT2D eigenvalue weighted by Gasteiger charge is 2.35. The van der Waals surface area contributed by atoms with Crippen molar-refractivity contribution in [2.45, 2.75) is 31.1 Å². The Labute approximate surface area is 94.6 Å². The van der Waals surface area contributed by atoms with Gasteiger partial charge in [-0.05, 0) is 30.5 Å². The molecule has 0 saturated heterocycles. The molecule has 0 unspecified atom stereocenters. The standard InChI is InChI=1S/C13H16FNO/c14-11-3-4-12(10(7-11)8-16)13(9-15)5-1-2-6-13/h3-4,7-8H,1-2,5-6,9,15H2. The van der Waals surface area contributed by atoms with E-state index in [-0.39, 0.29) is 11.2 Å². The highest BCUT2D eigenvalue weighted by atomic mass is 19.1. The van der Waals surface area contributed by atoms with Crippen molar-refractivity contribution in [3.05, 3.63) is 35.1 Å². The summed E-state index contributed by atoms with van der Waals surface area (Å²) in [6, 6.07) is 4.44. The molecule has 1 aliphatic rings. The molecule has 0 bridgehead atoms. The third-order valence-electron chi connectivity index (χ3n) is 3.66. The van der Waals surface area contributed by atoms with E-state index in [0.717, 1.165) is 37.5 Å². The van der Waals surface area contributed by atoms with Gasteiger partial charge in [0.2, 0.25) is 0 Å². The number of hydrogen-bond acceptors (Lipinski definition) is 2. The second-order valence-corrected chi connectivity index (χ2v) is 4.54. The average Bonchev–Trinajstić information content (AvgIpc) is 2.78. The monoisotopic (exact) mass is 221 g/mol. The number of halogens is 1. The first-order chi connectivity index (χ1) is 7.72. The number of rotatable bonds is 3. The van der Waals surface area contributed by atoms with Gasteiger partial charge in [-0.1, -0.05) is 18.9 Å². The SMILES string of the molecule is NCC1(c2ccc(F)cc2C=O)CCCC1. The van der Waals surface area contributed by atoms with Crippen LogP contribution in [-0.2, 0) is 5.41 Å². The average molecular weight is 221 g/mol. The van der Waals surface area contributed by atoms with Crippen molar-refractivity contribution in [2.75, 3.05) is 6.54 Å². The van der Waals surface area contributed by atoms with Crippen LogP contribution < -0.4 is 5.73 Å². The minimum atomic E-state index is -0.365. The second kappa shape index (κ2) is 4.34. The maximum absolute atomic E-state index is 13.1. The molecule has 86 valence electrons. The van der Waals surface area contributed by atoms with Crippen LogP contribution in [0.5, 0.6) is 0 Å². The van der Waals surface area contributed by atoms with Crippen molar-refractivity contribution in [1.82, 2.24) is 0 Å². The first kappa shape index (κ1) is 11.3. The molecule has 1 aliphatic carbocycles. The minimum absolute atomic E-state index is 0.107. The fraction of sp³-hybridized carbons (Fsp3) is 0.462. The van der Waals surface area contributed by atoms with Crippen molar-refractivity contribution < 1.29 is 9.18 Å². The van der Waals surface area contributed by atoms with Gasteiger partial charge in [-0.25, -0.2) is 4.39 Å². The lowest BCUT2D eigenvalue weighted by atomic mass is 9.77. The van der Waals surface area contributed by atoms with Crippen LogP contribution in [0.2, 0.25) is 0 Å². The molecule has 16 heavy (non-hydrogen) atoms. The Hall–Kier alpha value is -1.22. The highest BCUT2D eigenvalue weighted by molar-refractivity contribution is 5.78. The summed E-state index contributed by atoms with van der Waals surface area (Å²) in [6.07, 6.45) is 4.99. The van der Waals surface area contributed by atoms with Gasteiger partial charge < -0.3 is 5.73 Å². The summed E-state index contributed by atoms with van der Waals surface area (Å²) in [6.45, 7) is 0.527. The lowest BCUT2D eigenvalue weighted by Crippen LogP contribution is -2.33. The summed E-state index contributed by atoms with van der Waals surface area (Å²) in [5.74, 6) is -0.365. The molecule has 0 atom stereocenters. The van der Waals surface area contributed by atoms with Gasteiger partial charge in [-0.2, -0.15) is 0 Å². The van der Waals surface area contributed by atoms with E-state index in [1.165, 1.54) is 12.1 Å². The van der Waals surface area contributed by atoms with E-state index in [1.807, 2.05) is 0 Å². The van der Waals surface area contributed by atoms with Gasteiger partial charge in [0.05, 0.1) is 0 Å². The normalized spacial score (nSPS) is 18.6. The Morgan fingerprint density at radius 3 is 2.62 bits per heavy atom. The van der Waals surface area contributed by atoms with Gasteiger partial charge >= 0.3 is 0 Å². The summed E-state index contributed by atoms with van der Waals surface area (Å²) in [4.78, 5) is 11.0. The summed E-state index contributed by atoms with van der Waals surface area (Å²) in [5.41, 5.74) is 7.12. The zero-order valence-electron chi connectivity index (χ0n) is 9.21. The topological polar surface area (TPSA) is 43.1 Å². The first-order valence-corrected chi connectivity index (χ1v) is 5.67. The molecule has 1 fully saturated rings. The van der Waals surface area contributed by atoms with Crippen LogP contribution >= 0.6 is 0 Å². The molecule has 2 N–H and O–H groups in total. The number of benzene rings is 1. The summed E-state index contributed by atoms with van der Waals surface area (Å²) < 4.78 is 13.1. The molecule has 0 aliphatic heterocycles. The Balaban J connectivity index is 2.49. The molecule has 2 nitrogen and oxygen atoms in total. The van der Waals surface area contributed by atoms with E-state index >= 15 is 0 Å². The first-order valence-electron chi connectivity index (χ1n) is 5.67. The van der Waals surface area contributed by atoms with Gasteiger partial charge in [0.15, 0.2) is 0 Å². The molecule has 1 aromatic rings. The maximum Gasteiger partial charge on any atom is 0.150 e. The van der Waals surface area contributed by atoms with Crippen molar-refractivity contribution in [3.8, 4) is 0 Å². The highest BCUT2D eigenvalue weighted by Crippen LogP contribution is 2.41. The van der Waals surface area contributed by atoms with Crippen LogP contribution in [0.4, 0.5) is 4.39 Å². The Kier molecular flexibility index (Phi) is 3.06. The molecular weight excluding hydrogens is 205 g/mol. The molecule has 0 amide bonds. The predicted molar refractivity (Wildman–Crippen MR) is 61.0 cm³/mol. The third kappa shape index (κ3) is 1.76. The van der Waals surface area contributed by atoms with E-state index in [4.69, 9.17) is 5.73 Å². The number of hydrogen-bond donors (Lipinski definition) is 1. The minimum Gasteiger partial charge on any atom is -0.330 e. The van der Waals surface area contributed by atoms with Gasteiger partial charge in [0.1, 0.15) is 12.1 Å². The summed E-state index contributed by atoms with van der Waals surface area (Å²) >= 11 is 0. The third-order valence-corrected chi connectivity index (χ3v) is 3.66. The van der Waals surface area contributed by atoms with Crippen LogP contribution in [0.15, 0.2) is 18.2 Å². The van der Waals surface area contributed by atoms with Crippen LogP contribution in [0, 0.1) is 5.82 Å². The largest absolute Gasteiger partial charge is 0.330 e. The van der Waals surface area contributed by atoms with Crippen LogP contribution in [-0.4, -0.2) is 12.8 Å². The lowest BCUT2D eigenvalue weighted by Gasteiger charge is -2.29. The quantitative estimate of drug-likeness (QED) is 0.796. The van der Waals surface area contributed by atoms with Crippen molar-refractivity contribution >= 4 is 6.29 Å². The molecule has 0 spiro atoms. The van der Waals surface area contributed by atoms with E-state index in [2.05, 4.69) is 0 Å². The van der Waals surface area contributed by atoms with Gasteiger partial charge in [-0.15, -0.1) is 0 Å². The van der Waals surface area contributed by atoms with E-state index < -0.39 is 0 Å². The van der Waals surface area contributed by atoms with Crippen LogP contribution in [0.25, 0.3) is 0 Å². The van der Waals surface area contributed by atoms with Crippen LogP contribution in [0.1, 0.15) is 41.6 Å². The Morgan fingerprint density at radius 2 is 2.06 bits per heavy atom. The molecule has 1 aromatic carbocycles. The number of aldehydes is 1. The molecule has 1 saturated carbocycles. The molecule has 0 heterocycles. The Morgan fingerprint density at radius 1 is 1.38 bits per heavy atom. The van der Waals surface area contributed by atoms with Crippen LogP contribution in [0.3, 0.4) is 0 Å². The van der Waals surface area contributed by atoms with E-state index in [1.54, 1.807) is 6.07 Å². The number of carbonyl (C=O) groups is 1. The van der Waals surface area contributed by atoms with Crippen molar-refractivity contribution in [1.29, 1.82) is 0 Å². The Bertz CT molecular complexity index is 397. The van der Waals surface area contributed by atoms with E-state index in [0.29, 0.717) is 12.1 Å². The number of nitrogens with two attached hydrogens (primary N) is 1. The zero-order chi connectivity index (χ0) is 11.6. The fourth-order valence-corrected chi connectivity index (χ4v) is 2.75. The molecule has 3 heteroatoms. The molecule has 0 aromatic heterocycles. The summed E-state index contributed by atoms with van der Waals surface area (Å²) in [7, 11) is 0. The van der Waals surface area contributed by atoms with Gasteiger partial charge in [0.25, 0.3) is 0 Å². The van der Waals surface area contributed by atoms with Crippen molar-refractivity contribution in [3.63, 3.8) is 0 Å². The van der Waals surface area contributed by atoms with Gasteiger partial charge in [-0.3, -0.25) is 4.79 Å². The zero-order valence-corrected chi connectivity index (χ0v) is 9.21. The van der Waals surface area contributed by atoms with Crippen molar-refractivity contribution in [2.24, 2.45) is 5.73 Å². The number of carbonyl (C=O) groups excluding carboxylic acids is 1. The molecular formula is C13H16FNO. The van der Waals surface area contributed by atoms with E-state index in [9.17, 15) is 9.18 Å². The summed E-state index contributed by atoms with van der Waals surface area (Å²) in [5, 5.41) is 0. The second-order valence-electron chi connectivity index (χ2n) is 4.54. The fourth-order valence-electron chi connectivity index (χ4n) is 2.75. The molecule has 2 rings (SSSR count). The lowest BCUT2D eigenvalue weighted by molar-refractivity contribution is 0.112. The molecule has 0 radical (unpaired) electrons. The van der Waals surface area contributed by atoms with Gasteiger partial charge in [0, 0.05) is 17.5 Å². The smallest absolute Gasteiger partial charge is 0.150 e. The maximum atomic E-state index is 13.1. The predicted octanol–water partition coefficient (Wildman–Crippen LogP) is 2.41.